The van der Waals surface area contributed by atoms with Crippen LogP contribution in [0.3, 0.4) is 0 Å². The third kappa shape index (κ3) is 4.00. The minimum atomic E-state index is -0.861. The molecule has 0 radical (unpaired) electrons. The number of nitrogens with zero attached hydrogens (tertiary/aromatic N) is 3. The molecule has 2 heterocycles. The number of benzene rings is 2. The van der Waals surface area contributed by atoms with Crippen molar-refractivity contribution in [3.05, 3.63) is 72.7 Å². The molecule has 0 amide bonds. The van der Waals surface area contributed by atoms with E-state index in [2.05, 4.69) is 9.97 Å². The highest BCUT2D eigenvalue weighted by Gasteiger charge is 2.16. The van der Waals surface area contributed by atoms with Gasteiger partial charge in [0, 0.05) is 11.3 Å². The van der Waals surface area contributed by atoms with Crippen LogP contribution in [0.1, 0.15) is 33.3 Å². The van der Waals surface area contributed by atoms with E-state index in [4.69, 9.17) is 4.74 Å². The van der Waals surface area contributed by atoms with E-state index >= 15 is 0 Å². The highest BCUT2D eigenvalue weighted by molar-refractivity contribution is 5.81. The molecule has 1 N–H and O–H groups in total. The maximum atomic E-state index is 10.2. The van der Waals surface area contributed by atoms with Gasteiger partial charge < -0.3 is 9.84 Å². The van der Waals surface area contributed by atoms with Crippen LogP contribution >= 0.6 is 0 Å². The summed E-state index contributed by atoms with van der Waals surface area (Å²) in [6.07, 6.45) is 3.75. The van der Waals surface area contributed by atoms with Crippen molar-refractivity contribution in [2.75, 3.05) is 0 Å². The molecular weight excluding hydrogens is 362 g/mol. The summed E-state index contributed by atoms with van der Waals surface area (Å²) in [6.45, 7) is 7.59. The van der Waals surface area contributed by atoms with E-state index in [1.165, 1.54) is 0 Å². The average Bonchev–Trinajstić information content (AvgIpc) is 3.11. The largest absolute Gasteiger partial charge is 0.491 e. The van der Waals surface area contributed by atoms with Gasteiger partial charge >= 0.3 is 0 Å². The summed E-state index contributed by atoms with van der Waals surface area (Å²) in [5.74, 6) is 0.849. The van der Waals surface area contributed by atoms with Crippen molar-refractivity contribution in [2.24, 2.45) is 0 Å². The number of imidazole rings is 1. The van der Waals surface area contributed by atoms with Crippen LogP contribution in [0.15, 0.2) is 67.1 Å². The molecule has 0 spiro atoms. The second-order valence-corrected chi connectivity index (χ2v) is 7.97. The standard InChI is InChI=1S/C24H25N3O2/c1-16(2)29-20-11-9-19(10-12-20)27-15-26-22-14-25-21(13-23(22)27)17-5-7-18(8-6-17)24(3,4)28/h5-16,28H,1-4H3. The van der Waals surface area contributed by atoms with Gasteiger partial charge in [-0.25, -0.2) is 4.98 Å². The number of fused-ring (bicyclic) bond motifs is 1. The van der Waals surface area contributed by atoms with E-state index in [9.17, 15) is 5.11 Å². The summed E-state index contributed by atoms with van der Waals surface area (Å²) in [5, 5.41) is 10.2. The van der Waals surface area contributed by atoms with Gasteiger partial charge in [0.15, 0.2) is 0 Å². The summed E-state index contributed by atoms with van der Waals surface area (Å²) in [7, 11) is 0. The zero-order valence-electron chi connectivity index (χ0n) is 17.1. The SMILES string of the molecule is CC(C)Oc1ccc(-n2cnc3cnc(-c4ccc(C(C)(C)O)cc4)cc32)cc1. The van der Waals surface area contributed by atoms with Gasteiger partial charge in [0.1, 0.15) is 17.6 Å². The predicted octanol–water partition coefficient (Wildman–Crippen LogP) is 5.10. The van der Waals surface area contributed by atoms with Crippen LogP contribution in [0, 0.1) is 0 Å². The molecule has 5 nitrogen and oxygen atoms in total. The molecule has 0 aliphatic carbocycles. The monoisotopic (exact) mass is 387 g/mol. The van der Waals surface area contributed by atoms with Crippen molar-refractivity contribution in [1.82, 2.24) is 14.5 Å². The van der Waals surface area contributed by atoms with Crippen molar-refractivity contribution in [3.8, 4) is 22.7 Å². The third-order valence-electron chi connectivity index (χ3n) is 4.81. The van der Waals surface area contributed by atoms with Crippen LogP contribution in [-0.4, -0.2) is 25.7 Å². The molecular formula is C24H25N3O2. The molecule has 0 saturated carbocycles. The zero-order chi connectivity index (χ0) is 20.6. The summed E-state index contributed by atoms with van der Waals surface area (Å²) in [6, 6.07) is 17.9. The fraction of sp³-hybridized carbons (Fsp3) is 0.250. The van der Waals surface area contributed by atoms with Gasteiger partial charge in [-0.15, -0.1) is 0 Å². The van der Waals surface area contributed by atoms with Crippen molar-refractivity contribution in [3.63, 3.8) is 0 Å². The van der Waals surface area contributed by atoms with E-state index < -0.39 is 5.60 Å². The highest BCUT2D eigenvalue weighted by Crippen LogP contribution is 2.27. The van der Waals surface area contributed by atoms with Crippen LogP contribution in [-0.2, 0) is 5.60 Å². The lowest BCUT2D eigenvalue weighted by Crippen LogP contribution is -2.14. The van der Waals surface area contributed by atoms with Gasteiger partial charge in [0.2, 0.25) is 0 Å². The summed E-state index contributed by atoms with van der Waals surface area (Å²) < 4.78 is 7.78. The quantitative estimate of drug-likeness (QED) is 0.517. The van der Waals surface area contributed by atoms with Crippen molar-refractivity contribution >= 4 is 11.0 Å². The van der Waals surface area contributed by atoms with Crippen LogP contribution in [0.5, 0.6) is 5.75 Å². The summed E-state index contributed by atoms with van der Waals surface area (Å²) >= 11 is 0. The maximum absolute atomic E-state index is 10.2. The molecule has 2 aromatic heterocycles. The second kappa shape index (κ2) is 7.33. The van der Waals surface area contributed by atoms with Crippen molar-refractivity contribution in [2.45, 2.75) is 39.4 Å². The number of pyridine rings is 1. The molecule has 0 saturated heterocycles. The van der Waals surface area contributed by atoms with Gasteiger partial charge in [0.05, 0.1) is 29.1 Å². The Morgan fingerprint density at radius 3 is 2.28 bits per heavy atom. The minimum Gasteiger partial charge on any atom is -0.491 e. The van der Waals surface area contributed by atoms with Crippen LogP contribution in [0.2, 0.25) is 0 Å². The second-order valence-electron chi connectivity index (χ2n) is 7.97. The first-order chi connectivity index (χ1) is 13.8. The Labute approximate surface area is 170 Å². The van der Waals surface area contributed by atoms with E-state index in [1.54, 1.807) is 20.0 Å². The summed E-state index contributed by atoms with van der Waals surface area (Å²) in [4.78, 5) is 9.05. The lowest BCUT2D eigenvalue weighted by Gasteiger charge is -2.17. The van der Waals surface area contributed by atoms with E-state index in [1.807, 2.05) is 79.3 Å². The topological polar surface area (TPSA) is 60.2 Å². The molecule has 4 aromatic rings. The first-order valence-electron chi connectivity index (χ1n) is 9.75. The number of rotatable bonds is 5. The zero-order valence-corrected chi connectivity index (χ0v) is 17.1. The third-order valence-corrected chi connectivity index (χ3v) is 4.81. The maximum Gasteiger partial charge on any atom is 0.119 e. The van der Waals surface area contributed by atoms with Gasteiger partial charge in [-0.3, -0.25) is 9.55 Å². The molecule has 148 valence electrons. The van der Waals surface area contributed by atoms with Gasteiger partial charge in [-0.05, 0) is 63.6 Å². The molecule has 5 heteroatoms. The smallest absolute Gasteiger partial charge is 0.119 e. The minimum absolute atomic E-state index is 0.145. The highest BCUT2D eigenvalue weighted by atomic mass is 16.5. The van der Waals surface area contributed by atoms with Gasteiger partial charge in [-0.2, -0.15) is 0 Å². The molecule has 0 fully saturated rings. The van der Waals surface area contributed by atoms with Crippen LogP contribution < -0.4 is 4.74 Å². The van der Waals surface area contributed by atoms with Crippen molar-refractivity contribution in [1.29, 1.82) is 0 Å². The molecule has 0 atom stereocenters. The number of ether oxygens (including phenoxy) is 1. The Morgan fingerprint density at radius 2 is 1.66 bits per heavy atom. The molecule has 2 aromatic carbocycles. The molecule has 0 aliphatic heterocycles. The lowest BCUT2D eigenvalue weighted by atomic mass is 9.96. The van der Waals surface area contributed by atoms with Gasteiger partial charge in [-0.1, -0.05) is 24.3 Å². The average molecular weight is 387 g/mol. The fourth-order valence-electron chi connectivity index (χ4n) is 3.28. The Kier molecular flexibility index (Phi) is 4.84. The number of hydrogen-bond acceptors (Lipinski definition) is 4. The number of aliphatic hydroxyl groups is 1. The fourth-order valence-corrected chi connectivity index (χ4v) is 3.28. The van der Waals surface area contributed by atoms with Crippen LogP contribution in [0.4, 0.5) is 0 Å². The van der Waals surface area contributed by atoms with E-state index in [0.717, 1.165) is 39.3 Å². The van der Waals surface area contributed by atoms with Gasteiger partial charge in [0.25, 0.3) is 0 Å². The summed E-state index contributed by atoms with van der Waals surface area (Å²) in [5.41, 5.74) is 4.70. The molecule has 4 rings (SSSR count). The van der Waals surface area contributed by atoms with E-state index in [0.29, 0.717) is 0 Å². The Bertz CT molecular complexity index is 1120. The lowest BCUT2D eigenvalue weighted by molar-refractivity contribution is 0.0786. The van der Waals surface area contributed by atoms with Crippen molar-refractivity contribution < 1.29 is 9.84 Å². The predicted molar refractivity (Wildman–Crippen MR) is 115 cm³/mol. The molecule has 0 unspecified atom stereocenters. The Balaban J connectivity index is 1.69. The first-order valence-corrected chi connectivity index (χ1v) is 9.75. The number of aromatic nitrogens is 3. The normalized spacial score (nSPS) is 11.9. The van der Waals surface area contributed by atoms with Crippen LogP contribution in [0.25, 0.3) is 28.0 Å². The molecule has 0 bridgehead atoms. The van der Waals surface area contributed by atoms with E-state index in [-0.39, 0.29) is 6.10 Å². The molecule has 0 aliphatic rings. The number of hydrogen-bond donors (Lipinski definition) is 1. The Hall–Kier alpha value is -3.18. The Morgan fingerprint density at radius 1 is 0.966 bits per heavy atom. The molecule has 29 heavy (non-hydrogen) atoms. The first kappa shape index (κ1) is 19.2.